The van der Waals surface area contributed by atoms with Crippen LogP contribution in [0, 0.1) is 10.1 Å². The van der Waals surface area contributed by atoms with E-state index in [0.29, 0.717) is 45.0 Å². The van der Waals surface area contributed by atoms with E-state index in [0.717, 1.165) is 10.0 Å². The number of nitrogens with zero attached hydrogens (tertiary/aromatic N) is 4. The summed E-state index contributed by atoms with van der Waals surface area (Å²) in [5, 5.41) is 11.2. The zero-order valence-corrected chi connectivity index (χ0v) is 17.3. The number of piperazine rings is 1. The van der Waals surface area contributed by atoms with Gasteiger partial charge < -0.3 is 9.80 Å². The maximum Gasteiger partial charge on any atom is 0.292 e. The van der Waals surface area contributed by atoms with E-state index in [4.69, 9.17) is 0 Å². The molecule has 28 heavy (non-hydrogen) atoms. The second-order valence-corrected chi connectivity index (χ2v) is 7.83. The molecule has 3 rings (SSSR count). The highest BCUT2D eigenvalue weighted by molar-refractivity contribution is 9.10. The molecular formula is C20H23BrN4O3. The van der Waals surface area contributed by atoms with E-state index in [2.05, 4.69) is 15.9 Å². The molecular weight excluding hydrogens is 424 g/mol. The summed E-state index contributed by atoms with van der Waals surface area (Å²) in [6.07, 6.45) is 0. The minimum atomic E-state index is -0.357. The molecule has 1 aliphatic heterocycles. The Labute approximate surface area is 172 Å². The van der Waals surface area contributed by atoms with Gasteiger partial charge in [-0.05, 0) is 30.8 Å². The number of anilines is 1. The maximum atomic E-state index is 12.6. The molecule has 0 aliphatic carbocycles. The molecule has 7 nitrogen and oxygen atoms in total. The first-order valence-electron chi connectivity index (χ1n) is 9.13. The van der Waals surface area contributed by atoms with E-state index in [9.17, 15) is 14.9 Å². The fourth-order valence-electron chi connectivity index (χ4n) is 3.37. The van der Waals surface area contributed by atoms with Gasteiger partial charge in [0.05, 0.1) is 11.5 Å². The number of benzene rings is 2. The fourth-order valence-corrected chi connectivity index (χ4v) is 3.64. The Morgan fingerprint density at radius 1 is 1.11 bits per heavy atom. The fraction of sp³-hybridized carbons (Fsp3) is 0.350. The molecule has 0 aromatic heterocycles. The Hall–Kier alpha value is -2.45. The lowest BCUT2D eigenvalue weighted by molar-refractivity contribution is -0.384. The molecule has 0 radical (unpaired) electrons. The summed E-state index contributed by atoms with van der Waals surface area (Å²) in [5.74, 6) is 0.0850. The van der Waals surface area contributed by atoms with Gasteiger partial charge in [-0.15, -0.1) is 0 Å². The van der Waals surface area contributed by atoms with Gasteiger partial charge in [0.15, 0.2) is 0 Å². The Morgan fingerprint density at radius 3 is 2.39 bits per heavy atom. The standard InChI is InChI=1S/C20H23BrN4O3/c1-22(14-16-6-8-17(21)9-7-16)15-20(26)24-12-10-23(11-13-24)18-4-2-3-5-19(18)25(27)28/h2-9H,10-15H2,1H3. The number of nitro groups is 1. The number of carbonyl (C=O) groups is 1. The summed E-state index contributed by atoms with van der Waals surface area (Å²) in [6, 6.07) is 14.8. The van der Waals surface area contributed by atoms with Crippen molar-refractivity contribution < 1.29 is 9.72 Å². The van der Waals surface area contributed by atoms with Crippen LogP contribution in [0.3, 0.4) is 0 Å². The number of amides is 1. The molecule has 2 aromatic rings. The molecule has 0 atom stereocenters. The Morgan fingerprint density at radius 2 is 1.75 bits per heavy atom. The lowest BCUT2D eigenvalue weighted by Gasteiger charge is -2.36. The number of halogens is 1. The molecule has 1 amide bonds. The minimum Gasteiger partial charge on any atom is -0.362 e. The zero-order valence-electron chi connectivity index (χ0n) is 15.8. The van der Waals surface area contributed by atoms with Crippen LogP contribution in [0.5, 0.6) is 0 Å². The summed E-state index contributed by atoms with van der Waals surface area (Å²) < 4.78 is 1.03. The van der Waals surface area contributed by atoms with Crippen molar-refractivity contribution in [1.82, 2.24) is 9.80 Å². The smallest absolute Gasteiger partial charge is 0.292 e. The third-order valence-corrected chi connectivity index (χ3v) is 5.35. The van der Waals surface area contributed by atoms with Crippen LogP contribution in [0.1, 0.15) is 5.56 Å². The van der Waals surface area contributed by atoms with E-state index < -0.39 is 0 Å². The zero-order chi connectivity index (χ0) is 20.1. The van der Waals surface area contributed by atoms with Crippen LogP contribution < -0.4 is 4.90 Å². The first-order chi connectivity index (χ1) is 13.4. The predicted octanol–water partition coefficient (Wildman–Crippen LogP) is 3.14. The average Bonchev–Trinajstić information content (AvgIpc) is 2.69. The molecule has 0 bridgehead atoms. The Bertz CT molecular complexity index is 836. The third kappa shape index (κ3) is 5.08. The van der Waals surface area contributed by atoms with Crippen molar-refractivity contribution in [2.45, 2.75) is 6.54 Å². The lowest BCUT2D eigenvalue weighted by Crippen LogP contribution is -2.51. The van der Waals surface area contributed by atoms with Crippen LogP contribution in [0.2, 0.25) is 0 Å². The molecule has 0 spiro atoms. The highest BCUT2D eigenvalue weighted by Gasteiger charge is 2.25. The Kier molecular flexibility index (Phi) is 6.64. The topological polar surface area (TPSA) is 69.9 Å². The van der Waals surface area contributed by atoms with Gasteiger partial charge in [0.25, 0.3) is 5.69 Å². The first-order valence-corrected chi connectivity index (χ1v) is 9.92. The summed E-state index contributed by atoms with van der Waals surface area (Å²) in [4.78, 5) is 29.3. The molecule has 148 valence electrons. The molecule has 8 heteroatoms. The van der Waals surface area contributed by atoms with E-state index >= 15 is 0 Å². The Balaban J connectivity index is 1.52. The summed E-state index contributed by atoms with van der Waals surface area (Å²) >= 11 is 3.42. The van der Waals surface area contributed by atoms with Crippen molar-refractivity contribution in [1.29, 1.82) is 0 Å². The van der Waals surface area contributed by atoms with E-state index in [1.807, 2.05) is 46.0 Å². The molecule has 1 saturated heterocycles. The molecule has 0 N–H and O–H groups in total. The molecule has 2 aromatic carbocycles. The summed E-state index contributed by atoms with van der Waals surface area (Å²) in [6.45, 7) is 3.37. The van der Waals surface area contributed by atoms with Gasteiger partial charge >= 0.3 is 0 Å². The van der Waals surface area contributed by atoms with Gasteiger partial charge in [-0.3, -0.25) is 19.8 Å². The van der Waals surface area contributed by atoms with Crippen LogP contribution in [-0.2, 0) is 11.3 Å². The lowest BCUT2D eigenvalue weighted by atomic mass is 10.2. The van der Waals surface area contributed by atoms with Crippen LogP contribution in [0.25, 0.3) is 0 Å². The predicted molar refractivity (Wildman–Crippen MR) is 112 cm³/mol. The summed E-state index contributed by atoms with van der Waals surface area (Å²) in [7, 11) is 1.93. The number of hydrogen-bond donors (Lipinski definition) is 0. The van der Waals surface area contributed by atoms with Gasteiger partial charge in [0.2, 0.25) is 5.91 Å². The van der Waals surface area contributed by atoms with Crippen molar-refractivity contribution >= 4 is 33.2 Å². The number of hydrogen-bond acceptors (Lipinski definition) is 5. The van der Waals surface area contributed by atoms with Gasteiger partial charge in [0.1, 0.15) is 5.69 Å². The molecule has 1 aliphatic rings. The van der Waals surface area contributed by atoms with E-state index in [1.54, 1.807) is 18.2 Å². The molecule has 0 saturated carbocycles. The second kappa shape index (κ2) is 9.16. The number of carbonyl (C=O) groups excluding carboxylic acids is 1. The van der Waals surface area contributed by atoms with Crippen molar-refractivity contribution in [2.24, 2.45) is 0 Å². The van der Waals surface area contributed by atoms with Crippen molar-refractivity contribution in [3.8, 4) is 0 Å². The first kappa shape index (κ1) is 20.3. The third-order valence-electron chi connectivity index (χ3n) is 4.82. The molecule has 1 heterocycles. The van der Waals surface area contributed by atoms with E-state index in [1.165, 1.54) is 6.07 Å². The second-order valence-electron chi connectivity index (χ2n) is 6.91. The largest absolute Gasteiger partial charge is 0.362 e. The number of rotatable bonds is 6. The minimum absolute atomic E-state index is 0.0850. The summed E-state index contributed by atoms with van der Waals surface area (Å²) in [5.41, 5.74) is 1.88. The molecule has 0 unspecified atom stereocenters. The van der Waals surface area contributed by atoms with Crippen LogP contribution in [-0.4, -0.2) is 60.4 Å². The number of nitro benzene ring substituents is 1. The highest BCUT2D eigenvalue weighted by atomic mass is 79.9. The van der Waals surface area contributed by atoms with Crippen molar-refractivity contribution in [3.63, 3.8) is 0 Å². The van der Waals surface area contributed by atoms with Gasteiger partial charge in [-0.1, -0.05) is 40.2 Å². The monoisotopic (exact) mass is 446 g/mol. The van der Waals surface area contributed by atoms with Crippen LogP contribution in [0.4, 0.5) is 11.4 Å². The normalized spacial score (nSPS) is 14.4. The van der Waals surface area contributed by atoms with Gasteiger partial charge in [-0.2, -0.15) is 0 Å². The average molecular weight is 447 g/mol. The van der Waals surface area contributed by atoms with Crippen molar-refractivity contribution in [2.75, 3.05) is 44.7 Å². The quantitative estimate of drug-likeness (QED) is 0.503. The van der Waals surface area contributed by atoms with Crippen LogP contribution >= 0.6 is 15.9 Å². The SMILES string of the molecule is CN(CC(=O)N1CCN(c2ccccc2[N+](=O)[O-])CC1)Cc1ccc(Br)cc1. The van der Waals surface area contributed by atoms with Crippen LogP contribution in [0.15, 0.2) is 53.0 Å². The number of para-hydroxylation sites is 2. The maximum absolute atomic E-state index is 12.6. The van der Waals surface area contributed by atoms with Gasteiger partial charge in [0, 0.05) is 43.3 Å². The van der Waals surface area contributed by atoms with E-state index in [-0.39, 0.29) is 16.5 Å². The number of likely N-dealkylation sites (N-methyl/N-ethyl adjacent to an activating group) is 1. The van der Waals surface area contributed by atoms with Gasteiger partial charge in [-0.25, -0.2) is 0 Å². The molecule has 1 fully saturated rings. The van der Waals surface area contributed by atoms with Crippen molar-refractivity contribution in [3.05, 3.63) is 68.7 Å². The highest BCUT2D eigenvalue weighted by Crippen LogP contribution is 2.28.